The van der Waals surface area contributed by atoms with Gasteiger partial charge in [-0.15, -0.1) is 0 Å². The monoisotopic (exact) mass is 460 g/mol. The third kappa shape index (κ3) is 7.53. The predicted octanol–water partition coefficient (Wildman–Crippen LogP) is 6.99. The van der Waals surface area contributed by atoms with Crippen LogP contribution in [0.1, 0.15) is 44.1 Å². The highest BCUT2D eigenvalue weighted by molar-refractivity contribution is 5.48. The van der Waals surface area contributed by atoms with Crippen molar-refractivity contribution in [3.8, 4) is 5.75 Å². The van der Waals surface area contributed by atoms with Crippen molar-refractivity contribution in [3.05, 3.63) is 102 Å². The first-order valence-corrected chi connectivity index (χ1v) is 10.9. The lowest BCUT2D eigenvalue weighted by Crippen LogP contribution is -2.18. The smallest absolute Gasteiger partial charge is 0.200 e. The van der Waals surface area contributed by atoms with Crippen molar-refractivity contribution >= 4 is 0 Å². The van der Waals surface area contributed by atoms with Gasteiger partial charge in [0.25, 0.3) is 0 Å². The van der Waals surface area contributed by atoms with E-state index in [1.807, 2.05) is 0 Å². The van der Waals surface area contributed by atoms with Crippen LogP contribution in [0.5, 0.6) is 5.75 Å². The van der Waals surface area contributed by atoms with E-state index in [4.69, 9.17) is 9.47 Å². The molecule has 33 heavy (non-hydrogen) atoms. The molecule has 0 aromatic heterocycles. The third-order valence-electron chi connectivity index (χ3n) is 5.44. The Balaban J connectivity index is 1.94. The molecule has 0 radical (unpaired) electrons. The third-order valence-corrected chi connectivity index (χ3v) is 5.44. The fraction of sp³-hybridized carbons (Fsp3) is 0.333. The second kappa shape index (κ2) is 12.3. The molecule has 1 aliphatic carbocycles. The first kappa shape index (κ1) is 26.3. The number of aliphatic hydroxyl groups is 1. The maximum absolute atomic E-state index is 14.6. The highest BCUT2D eigenvalue weighted by atomic mass is 19.2. The van der Waals surface area contributed by atoms with Crippen molar-refractivity contribution < 1.29 is 27.8 Å². The van der Waals surface area contributed by atoms with Crippen molar-refractivity contribution in [2.45, 2.75) is 44.6 Å². The van der Waals surface area contributed by atoms with Gasteiger partial charge in [0, 0.05) is 11.6 Å². The summed E-state index contributed by atoms with van der Waals surface area (Å²) in [6.07, 6.45) is 6.18. The van der Waals surface area contributed by atoms with Gasteiger partial charge in [0.1, 0.15) is 18.2 Å². The van der Waals surface area contributed by atoms with Crippen molar-refractivity contribution in [2.75, 3.05) is 13.2 Å². The minimum Gasteiger partial charge on any atom is -0.494 e. The minimum absolute atomic E-state index is 0.0553. The summed E-state index contributed by atoms with van der Waals surface area (Å²) in [6, 6.07) is 2.94. The zero-order chi connectivity index (χ0) is 24.5. The van der Waals surface area contributed by atoms with Gasteiger partial charge in [-0.1, -0.05) is 44.5 Å². The average Bonchev–Trinajstić information content (AvgIpc) is 2.78. The molecule has 0 bridgehead atoms. The Hall–Kier alpha value is -2.99. The van der Waals surface area contributed by atoms with E-state index in [2.05, 4.69) is 26.3 Å². The van der Waals surface area contributed by atoms with Crippen LogP contribution in [0, 0.1) is 11.6 Å². The average molecular weight is 461 g/mol. The summed E-state index contributed by atoms with van der Waals surface area (Å²) in [4.78, 5) is 0. The van der Waals surface area contributed by atoms with Crippen molar-refractivity contribution in [2.24, 2.45) is 0 Å². The Labute approximate surface area is 193 Å². The molecule has 1 aliphatic rings. The fourth-order valence-corrected chi connectivity index (χ4v) is 3.51. The maximum Gasteiger partial charge on any atom is 0.200 e. The number of allylic oxidation sites excluding steroid dienone is 5. The summed E-state index contributed by atoms with van der Waals surface area (Å²) >= 11 is 0. The number of ether oxygens (including phenoxy) is 2. The Bertz CT molecular complexity index is 967. The van der Waals surface area contributed by atoms with Crippen LogP contribution in [0.2, 0.25) is 0 Å². The van der Waals surface area contributed by atoms with E-state index < -0.39 is 17.5 Å². The standard InChI is InChI=1S/C27H31F3O3/c1-6-32-19(4)15-24(28)20(5)18(3)8-7-17(2)16-33-25-14-13-23(26(29)27(25)30)21-9-11-22(31)12-10-21/h7-8,13-15,21-22,31H,2-6,9-12,16H2,1H3/b8-7-,24-15+. The molecule has 178 valence electrons. The predicted molar refractivity (Wildman–Crippen MR) is 126 cm³/mol. The first-order valence-electron chi connectivity index (χ1n) is 10.9. The molecule has 3 nitrogen and oxygen atoms in total. The molecule has 2 rings (SSSR count). The van der Waals surface area contributed by atoms with Gasteiger partial charge in [0.2, 0.25) is 5.82 Å². The van der Waals surface area contributed by atoms with Crippen molar-refractivity contribution in [1.82, 2.24) is 0 Å². The number of hydrogen-bond acceptors (Lipinski definition) is 3. The number of halogens is 3. The lowest BCUT2D eigenvalue weighted by atomic mass is 9.82. The summed E-state index contributed by atoms with van der Waals surface area (Å²) in [6.45, 7) is 16.8. The highest BCUT2D eigenvalue weighted by Gasteiger charge is 2.25. The molecule has 0 spiro atoms. The van der Waals surface area contributed by atoms with E-state index >= 15 is 0 Å². The van der Waals surface area contributed by atoms with Crippen LogP contribution >= 0.6 is 0 Å². The van der Waals surface area contributed by atoms with Gasteiger partial charge < -0.3 is 14.6 Å². The largest absolute Gasteiger partial charge is 0.494 e. The van der Waals surface area contributed by atoms with Gasteiger partial charge in [0.05, 0.1) is 12.7 Å². The van der Waals surface area contributed by atoms with Crippen molar-refractivity contribution in [3.63, 3.8) is 0 Å². The van der Waals surface area contributed by atoms with Crippen LogP contribution in [-0.2, 0) is 4.74 Å². The van der Waals surface area contributed by atoms with Crippen molar-refractivity contribution in [1.29, 1.82) is 0 Å². The van der Waals surface area contributed by atoms with Crippen LogP contribution in [0.15, 0.2) is 85.0 Å². The molecular weight excluding hydrogens is 429 g/mol. The van der Waals surface area contributed by atoms with E-state index in [-0.39, 0.29) is 35.7 Å². The lowest BCUT2D eigenvalue weighted by molar-refractivity contribution is 0.122. The number of aliphatic hydroxyl groups excluding tert-OH is 1. The molecular formula is C27H31F3O3. The normalized spacial score (nSPS) is 18.8. The van der Waals surface area contributed by atoms with E-state index in [9.17, 15) is 18.3 Å². The van der Waals surface area contributed by atoms with Gasteiger partial charge in [-0.2, -0.15) is 4.39 Å². The summed E-state index contributed by atoms with van der Waals surface area (Å²) in [7, 11) is 0. The topological polar surface area (TPSA) is 38.7 Å². The molecule has 6 heteroatoms. The highest BCUT2D eigenvalue weighted by Crippen LogP contribution is 2.36. The number of hydrogen-bond donors (Lipinski definition) is 1. The van der Waals surface area contributed by atoms with Gasteiger partial charge in [-0.25, -0.2) is 8.78 Å². The van der Waals surface area contributed by atoms with Gasteiger partial charge in [-0.05, 0) is 61.3 Å². The molecule has 0 unspecified atom stereocenters. The zero-order valence-corrected chi connectivity index (χ0v) is 19.0. The molecule has 0 amide bonds. The van der Waals surface area contributed by atoms with Crippen LogP contribution in [0.25, 0.3) is 0 Å². The van der Waals surface area contributed by atoms with E-state index in [0.717, 1.165) is 6.08 Å². The zero-order valence-electron chi connectivity index (χ0n) is 19.0. The Morgan fingerprint density at radius 2 is 1.73 bits per heavy atom. The molecule has 1 saturated carbocycles. The molecule has 1 aromatic carbocycles. The molecule has 0 aliphatic heterocycles. The molecule has 1 aromatic rings. The summed E-state index contributed by atoms with van der Waals surface area (Å²) in [5, 5.41) is 9.61. The first-order chi connectivity index (χ1) is 15.6. The summed E-state index contributed by atoms with van der Waals surface area (Å²) in [5.41, 5.74) is 1.10. The minimum atomic E-state index is -1.05. The van der Waals surface area contributed by atoms with Gasteiger partial charge in [-0.3, -0.25) is 0 Å². The van der Waals surface area contributed by atoms with Crippen LogP contribution in [0.3, 0.4) is 0 Å². The van der Waals surface area contributed by atoms with Crippen LogP contribution < -0.4 is 4.74 Å². The molecule has 0 atom stereocenters. The number of rotatable bonds is 11. The van der Waals surface area contributed by atoms with E-state index in [1.165, 1.54) is 24.3 Å². The Morgan fingerprint density at radius 3 is 2.36 bits per heavy atom. The van der Waals surface area contributed by atoms with Crippen LogP contribution in [-0.4, -0.2) is 24.4 Å². The van der Waals surface area contributed by atoms with Crippen LogP contribution in [0.4, 0.5) is 13.2 Å². The summed E-state index contributed by atoms with van der Waals surface area (Å²) in [5.74, 6) is -2.75. The molecule has 1 fully saturated rings. The molecule has 0 heterocycles. The van der Waals surface area contributed by atoms with Gasteiger partial charge >= 0.3 is 0 Å². The van der Waals surface area contributed by atoms with Gasteiger partial charge in [0.15, 0.2) is 11.6 Å². The second-order valence-corrected chi connectivity index (χ2v) is 7.96. The molecule has 1 N–H and O–H groups in total. The Morgan fingerprint density at radius 1 is 1.06 bits per heavy atom. The van der Waals surface area contributed by atoms with E-state index in [0.29, 0.717) is 49.0 Å². The Kier molecular flexibility index (Phi) is 9.79. The number of benzene rings is 1. The second-order valence-electron chi connectivity index (χ2n) is 7.96. The molecule has 0 saturated heterocycles. The van der Waals surface area contributed by atoms with E-state index in [1.54, 1.807) is 6.92 Å². The SMILES string of the molecule is C=C(/C=C\C(=C)C(=C)/C(F)=C\C(=C)OCC)COc1ccc(C2CCC(O)CC2)c(F)c1F. The quantitative estimate of drug-likeness (QED) is 0.286. The maximum atomic E-state index is 14.6. The lowest BCUT2D eigenvalue weighted by Gasteiger charge is -2.26. The summed E-state index contributed by atoms with van der Waals surface area (Å²) < 4.78 is 53.8. The fourth-order valence-electron chi connectivity index (χ4n) is 3.51.